The number of benzene rings is 2. The molecule has 0 N–H and O–H groups in total. The molecule has 0 aliphatic heterocycles. The van der Waals surface area contributed by atoms with Crippen molar-refractivity contribution in [2.24, 2.45) is 0 Å². The molecule has 0 bridgehead atoms. The molecule has 146 valence electrons. The summed E-state index contributed by atoms with van der Waals surface area (Å²) >= 11 is 1.47. The average Bonchev–Trinajstić information content (AvgIpc) is 3.20. The highest BCUT2D eigenvalue weighted by Gasteiger charge is 2.16. The molecule has 0 fully saturated rings. The van der Waals surface area contributed by atoms with Gasteiger partial charge in [-0.25, -0.2) is 4.98 Å². The smallest absolute Gasteiger partial charge is 0.273 e. The van der Waals surface area contributed by atoms with Crippen LogP contribution < -0.4 is 9.47 Å². The first-order chi connectivity index (χ1) is 13.6. The minimum atomic E-state index is -0.0951. The Morgan fingerprint density at radius 3 is 2.11 bits per heavy atom. The van der Waals surface area contributed by atoms with Crippen molar-refractivity contribution < 1.29 is 14.3 Å². The molecule has 0 saturated carbocycles. The van der Waals surface area contributed by atoms with Crippen LogP contribution in [0.3, 0.4) is 0 Å². The number of ether oxygens (including phenoxy) is 2. The van der Waals surface area contributed by atoms with Crippen molar-refractivity contribution in [3.8, 4) is 22.1 Å². The molecule has 0 aliphatic carbocycles. The van der Waals surface area contributed by atoms with Gasteiger partial charge in [0.25, 0.3) is 5.91 Å². The van der Waals surface area contributed by atoms with Crippen molar-refractivity contribution in [3.05, 3.63) is 65.2 Å². The summed E-state index contributed by atoms with van der Waals surface area (Å²) in [5.41, 5.74) is 2.48. The first-order valence-corrected chi connectivity index (χ1v) is 10.1. The fourth-order valence-electron chi connectivity index (χ4n) is 2.76. The number of amides is 1. The van der Waals surface area contributed by atoms with Gasteiger partial charge in [-0.3, -0.25) is 4.79 Å². The first kappa shape index (κ1) is 19.9. The van der Waals surface area contributed by atoms with E-state index in [0.29, 0.717) is 25.5 Å². The third kappa shape index (κ3) is 4.89. The van der Waals surface area contributed by atoms with Gasteiger partial charge in [-0.1, -0.05) is 12.1 Å². The van der Waals surface area contributed by atoms with E-state index < -0.39 is 0 Å². The van der Waals surface area contributed by atoms with E-state index in [9.17, 15) is 4.79 Å². The summed E-state index contributed by atoms with van der Waals surface area (Å²) in [6.45, 7) is 5.70. The number of carbonyl (C=O) groups is 1. The predicted octanol–water partition coefficient (Wildman–Crippen LogP) is 4.88. The number of hydrogen-bond donors (Lipinski definition) is 0. The Morgan fingerprint density at radius 2 is 1.54 bits per heavy atom. The molecule has 0 spiro atoms. The molecule has 5 nitrogen and oxygen atoms in total. The number of carbonyl (C=O) groups excluding carboxylic acids is 1. The van der Waals surface area contributed by atoms with Crippen LogP contribution in [0.5, 0.6) is 11.5 Å². The van der Waals surface area contributed by atoms with Crippen LogP contribution in [0.2, 0.25) is 0 Å². The molecule has 0 unspecified atom stereocenters. The maximum atomic E-state index is 12.7. The van der Waals surface area contributed by atoms with Crippen molar-refractivity contribution in [2.45, 2.75) is 20.4 Å². The van der Waals surface area contributed by atoms with Crippen molar-refractivity contribution in [2.75, 3.05) is 20.3 Å². The quantitative estimate of drug-likeness (QED) is 0.545. The third-order valence-electron chi connectivity index (χ3n) is 4.14. The van der Waals surface area contributed by atoms with Crippen molar-refractivity contribution in [3.63, 3.8) is 0 Å². The normalized spacial score (nSPS) is 10.5. The lowest BCUT2D eigenvalue weighted by atomic mass is 10.2. The number of nitrogens with zero attached hydrogens (tertiary/aromatic N) is 2. The Morgan fingerprint density at radius 1 is 0.964 bits per heavy atom. The largest absolute Gasteiger partial charge is 0.494 e. The monoisotopic (exact) mass is 396 g/mol. The van der Waals surface area contributed by atoms with Crippen LogP contribution in [0.4, 0.5) is 0 Å². The Labute approximate surface area is 169 Å². The first-order valence-electron chi connectivity index (χ1n) is 9.26. The SMILES string of the molecule is CCOc1ccc(CN(C)C(=O)c2csc(-c3ccc(OCC)cc3)n2)cc1. The van der Waals surface area contributed by atoms with Gasteiger partial charge in [-0.15, -0.1) is 11.3 Å². The lowest BCUT2D eigenvalue weighted by molar-refractivity contribution is 0.0780. The Kier molecular flexibility index (Phi) is 6.66. The van der Waals surface area contributed by atoms with Gasteiger partial charge < -0.3 is 14.4 Å². The summed E-state index contributed by atoms with van der Waals surface area (Å²) in [4.78, 5) is 18.9. The summed E-state index contributed by atoms with van der Waals surface area (Å²) in [7, 11) is 1.79. The van der Waals surface area contributed by atoms with Gasteiger partial charge in [0.15, 0.2) is 0 Å². The molecule has 6 heteroatoms. The summed E-state index contributed by atoms with van der Waals surface area (Å²) < 4.78 is 10.9. The zero-order chi connectivity index (χ0) is 19.9. The van der Waals surface area contributed by atoms with Gasteiger partial charge in [0.05, 0.1) is 13.2 Å². The Balaban J connectivity index is 1.65. The van der Waals surface area contributed by atoms with Gasteiger partial charge in [-0.2, -0.15) is 0 Å². The van der Waals surface area contributed by atoms with Gasteiger partial charge >= 0.3 is 0 Å². The van der Waals surface area contributed by atoms with E-state index >= 15 is 0 Å². The minimum absolute atomic E-state index is 0.0951. The van der Waals surface area contributed by atoms with E-state index in [4.69, 9.17) is 9.47 Å². The molecule has 1 heterocycles. The number of hydrogen-bond acceptors (Lipinski definition) is 5. The summed E-state index contributed by atoms with van der Waals surface area (Å²) in [5.74, 6) is 1.57. The van der Waals surface area contributed by atoms with Gasteiger partial charge in [0.2, 0.25) is 0 Å². The molecule has 0 atom stereocenters. The Hall–Kier alpha value is -2.86. The van der Waals surface area contributed by atoms with Crippen LogP contribution in [0, 0.1) is 0 Å². The highest BCUT2D eigenvalue weighted by atomic mass is 32.1. The molecule has 28 heavy (non-hydrogen) atoms. The second-order valence-electron chi connectivity index (χ2n) is 6.23. The topological polar surface area (TPSA) is 51.7 Å². The van der Waals surface area contributed by atoms with Crippen LogP contribution in [0.15, 0.2) is 53.9 Å². The molecule has 2 aromatic carbocycles. The highest BCUT2D eigenvalue weighted by Crippen LogP contribution is 2.26. The molecule has 1 aromatic heterocycles. The Bertz CT molecular complexity index is 904. The van der Waals surface area contributed by atoms with Crippen LogP contribution in [-0.2, 0) is 6.54 Å². The predicted molar refractivity (Wildman–Crippen MR) is 112 cm³/mol. The summed E-state index contributed by atoms with van der Waals surface area (Å²) in [5, 5.41) is 2.63. The van der Waals surface area contributed by atoms with Crippen LogP contribution in [-0.4, -0.2) is 36.1 Å². The molecular weight excluding hydrogens is 372 g/mol. The fourth-order valence-corrected chi connectivity index (χ4v) is 3.56. The zero-order valence-corrected chi connectivity index (χ0v) is 17.2. The molecule has 0 saturated heterocycles. The average molecular weight is 397 g/mol. The minimum Gasteiger partial charge on any atom is -0.494 e. The molecular formula is C22H24N2O3S. The number of thiazole rings is 1. The maximum absolute atomic E-state index is 12.7. The van der Waals surface area contributed by atoms with Gasteiger partial charge in [-0.05, 0) is 55.8 Å². The van der Waals surface area contributed by atoms with E-state index in [0.717, 1.165) is 27.6 Å². The lowest BCUT2D eigenvalue weighted by Crippen LogP contribution is -2.26. The zero-order valence-electron chi connectivity index (χ0n) is 16.3. The molecule has 3 aromatic rings. The van der Waals surface area contributed by atoms with Crippen LogP contribution >= 0.6 is 11.3 Å². The van der Waals surface area contributed by atoms with E-state index in [1.54, 1.807) is 11.9 Å². The van der Waals surface area contributed by atoms with Crippen LogP contribution in [0.25, 0.3) is 10.6 Å². The standard InChI is InChI=1S/C22H24N2O3S/c1-4-26-18-10-6-16(7-11-18)14-24(3)22(25)20-15-28-21(23-20)17-8-12-19(13-9-17)27-5-2/h6-13,15H,4-5,14H2,1-3H3. The number of aromatic nitrogens is 1. The fraction of sp³-hybridized carbons (Fsp3) is 0.273. The number of rotatable bonds is 8. The second kappa shape index (κ2) is 9.37. The molecule has 3 rings (SSSR count). The van der Waals surface area contributed by atoms with E-state index in [-0.39, 0.29) is 5.91 Å². The van der Waals surface area contributed by atoms with E-state index in [2.05, 4.69) is 4.98 Å². The van der Waals surface area contributed by atoms with E-state index in [1.165, 1.54) is 11.3 Å². The van der Waals surface area contributed by atoms with Gasteiger partial charge in [0.1, 0.15) is 22.2 Å². The summed E-state index contributed by atoms with van der Waals surface area (Å²) in [6, 6.07) is 15.5. The second-order valence-corrected chi connectivity index (χ2v) is 7.09. The van der Waals surface area contributed by atoms with Crippen molar-refractivity contribution >= 4 is 17.2 Å². The summed E-state index contributed by atoms with van der Waals surface area (Å²) in [6.07, 6.45) is 0. The molecule has 0 radical (unpaired) electrons. The molecule has 1 amide bonds. The van der Waals surface area contributed by atoms with E-state index in [1.807, 2.05) is 67.8 Å². The van der Waals surface area contributed by atoms with Crippen molar-refractivity contribution in [1.82, 2.24) is 9.88 Å². The highest BCUT2D eigenvalue weighted by molar-refractivity contribution is 7.13. The van der Waals surface area contributed by atoms with Crippen LogP contribution in [0.1, 0.15) is 29.9 Å². The molecule has 0 aliphatic rings. The van der Waals surface area contributed by atoms with Gasteiger partial charge in [0, 0.05) is 24.5 Å². The maximum Gasteiger partial charge on any atom is 0.273 e. The third-order valence-corrected chi connectivity index (χ3v) is 5.03. The van der Waals surface area contributed by atoms with Crippen molar-refractivity contribution in [1.29, 1.82) is 0 Å². The lowest BCUT2D eigenvalue weighted by Gasteiger charge is -2.16.